The van der Waals surface area contributed by atoms with Gasteiger partial charge in [-0.05, 0) is 36.3 Å². The molecule has 1 nitrogen and oxygen atoms in total. The molecule has 0 aliphatic heterocycles. The van der Waals surface area contributed by atoms with Gasteiger partial charge >= 0.3 is 0 Å². The van der Waals surface area contributed by atoms with Crippen molar-refractivity contribution in [2.75, 3.05) is 0 Å². The summed E-state index contributed by atoms with van der Waals surface area (Å²) in [4.78, 5) is 0. The molecule has 3 heteroatoms. The van der Waals surface area contributed by atoms with Gasteiger partial charge in [-0.25, -0.2) is 0 Å². The summed E-state index contributed by atoms with van der Waals surface area (Å²) in [6.45, 7) is 11.2. The van der Waals surface area contributed by atoms with Crippen LogP contribution in [0.3, 0.4) is 0 Å². The van der Waals surface area contributed by atoms with Crippen molar-refractivity contribution in [3.8, 4) is 5.75 Å². The summed E-state index contributed by atoms with van der Waals surface area (Å²) in [6, 6.07) is 8.93. The van der Waals surface area contributed by atoms with E-state index >= 15 is 0 Å². The maximum Gasteiger partial charge on any atom is 0.250 e. The minimum absolute atomic E-state index is 0.236. The Kier molecular flexibility index (Phi) is 3.66. The highest BCUT2D eigenvalue weighted by molar-refractivity contribution is 9.10. The van der Waals surface area contributed by atoms with Gasteiger partial charge in [0.25, 0.3) is 0 Å². The third-order valence-electron chi connectivity index (χ3n) is 2.93. The Morgan fingerprint density at radius 3 is 2.27 bits per heavy atom. The Morgan fingerprint density at radius 2 is 1.87 bits per heavy atom. The van der Waals surface area contributed by atoms with E-state index in [0.717, 1.165) is 10.2 Å². The first-order valence-electron chi connectivity index (χ1n) is 5.09. The molecule has 0 saturated heterocycles. The van der Waals surface area contributed by atoms with E-state index in [1.54, 1.807) is 0 Å². The minimum atomic E-state index is -1.70. The lowest BCUT2D eigenvalue weighted by Gasteiger charge is -2.36. The summed E-state index contributed by atoms with van der Waals surface area (Å²) in [7, 11) is -1.70. The van der Waals surface area contributed by atoms with Crippen LogP contribution < -0.4 is 4.43 Å². The highest BCUT2D eigenvalue weighted by Gasteiger charge is 2.38. The normalized spacial score (nSPS) is 12.7. The van der Waals surface area contributed by atoms with E-state index < -0.39 is 8.32 Å². The molecule has 0 bridgehead atoms. The zero-order valence-corrected chi connectivity index (χ0v) is 12.6. The molecule has 0 atom stereocenters. The van der Waals surface area contributed by atoms with Gasteiger partial charge in [-0.3, -0.25) is 0 Å². The van der Waals surface area contributed by atoms with Crippen LogP contribution in [0.15, 0.2) is 22.7 Å². The van der Waals surface area contributed by atoms with Crippen LogP contribution in [0.1, 0.15) is 20.8 Å². The van der Waals surface area contributed by atoms with Crippen molar-refractivity contribution in [3.05, 3.63) is 28.7 Å². The van der Waals surface area contributed by atoms with Crippen LogP contribution in [0.4, 0.5) is 0 Å². The van der Waals surface area contributed by atoms with Gasteiger partial charge < -0.3 is 4.43 Å². The highest BCUT2D eigenvalue weighted by atomic mass is 79.9. The van der Waals surface area contributed by atoms with Crippen molar-refractivity contribution in [1.29, 1.82) is 0 Å². The fraction of sp³-hybridized carbons (Fsp3) is 0.500. The predicted octanol–water partition coefficient (Wildman–Crippen LogP) is 4.63. The summed E-state index contributed by atoms with van der Waals surface area (Å²) in [5, 5.41) is 0.236. The second kappa shape index (κ2) is 4.30. The van der Waals surface area contributed by atoms with Gasteiger partial charge in [0.2, 0.25) is 8.32 Å². The molecule has 1 aromatic rings. The molecule has 1 rings (SSSR count). The maximum absolute atomic E-state index is 6.11. The molecular weight excluding hydrogens is 268 g/mol. The Hall–Kier alpha value is -0.283. The third-order valence-corrected chi connectivity index (χ3v) is 7.78. The van der Waals surface area contributed by atoms with Gasteiger partial charge in [-0.1, -0.05) is 36.7 Å². The van der Waals surface area contributed by atoms with Crippen LogP contribution in [-0.4, -0.2) is 8.32 Å². The fourth-order valence-corrected chi connectivity index (χ4v) is 2.17. The van der Waals surface area contributed by atoms with Crippen molar-refractivity contribution in [1.82, 2.24) is 0 Å². The summed E-state index contributed by atoms with van der Waals surface area (Å²) < 4.78 is 7.07. The Bertz CT molecular complexity index is 324. The molecular formula is C12H18BrOSi. The molecule has 83 valence electrons. The van der Waals surface area contributed by atoms with Crippen LogP contribution in [-0.2, 0) is 0 Å². The monoisotopic (exact) mass is 285 g/mol. The first-order chi connectivity index (χ1) is 6.72. The molecule has 0 aromatic heterocycles. The lowest BCUT2D eigenvalue weighted by Crippen LogP contribution is -2.43. The van der Waals surface area contributed by atoms with Crippen molar-refractivity contribution < 1.29 is 4.43 Å². The average Bonchev–Trinajstić information content (AvgIpc) is 2.06. The maximum atomic E-state index is 6.11. The van der Waals surface area contributed by atoms with E-state index in [-0.39, 0.29) is 5.04 Å². The molecule has 0 spiro atoms. The van der Waals surface area contributed by atoms with Crippen LogP contribution >= 0.6 is 15.9 Å². The molecule has 0 amide bonds. The lowest BCUT2D eigenvalue weighted by molar-refractivity contribution is 0.492. The van der Waals surface area contributed by atoms with E-state index in [1.165, 1.54) is 0 Å². The quantitative estimate of drug-likeness (QED) is 0.720. The number of halogens is 1. The van der Waals surface area contributed by atoms with Crippen LogP contribution in [0, 0.1) is 6.07 Å². The van der Waals surface area contributed by atoms with E-state index in [4.69, 9.17) is 4.43 Å². The molecule has 0 heterocycles. The molecule has 0 aliphatic rings. The fourth-order valence-electron chi connectivity index (χ4n) is 0.903. The Morgan fingerprint density at radius 1 is 1.27 bits per heavy atom. The van der Waals surface area contributed by atoms with Gasteiger partial charge in [-0.2, -0.15) is 0 Å². The van der Waals surface area contributed by atoms with Gasteiger partial charge in [-0.15, -0.1) is 0 Å². The number of hydrogen-bond donors (Lipinski definition) is 0. The minimum Gasteiger partial charge on any atom is -0.543 e. The van der Waals surface area contributed by atoms with Gasteiger partial charge in [0.15, 0.2) is 0 Å². The van der Waals surface area contributed by atoms with Gasteiger partial charge in [0, 0.05) is 10.5 Å². The van der Waals surface area contributed by atoms with E-state index in [2.05, 4.69) is 55.9 Å². The van der Waals surface area contributed by atoms with E-state index in [9.17, 15) is 0 Å². The molecule has 0 unspecified atom stereocenters. The van der Waals surface area contributed by atoms with Crippen molar-refractivity contribution in [3.63, 3.8) is 0 Å². The van der Waals surface area contributed by atoms with E-state index in [0.29, 0.717) is 0 Å². The van der Waals surface area contributed by atoms with Crippen molar-refractivity contribution >= 4 is 24.2 Å². The largest absolute Gasteiger partial charge is 0.543 e. The first kappa shape index (κ1) is 12.8. The molecule has 0 fully saturated rings. The van der Waals surface area contributed by atoms with Crippen LogP contribution in [0.2, 0.25) is 18.1 Å². The lowest BCUT2D eigenvalue weighted by atomic mass is 10.2. The summed E-state index contributed by atoms with van der Waals surface area (Å²) in [6.07, 6.45) is 0. The van der Waals surface area contributed by atoms with Gasteiger partial charge in [0.1, 0.15) is 5.75 Å². The summed E-state index contributed by atoms with van der Waals surface area (Å²) in [5.74, 6) is 0.921. The predicted molar refractivity (Wildman–Crippen MR) is 70.8 cm³/mol. The second-order valence-corrected chi connectivity index (χ2v) is 10.8. The summed E-state index contributed by atoms with van der Waals surface area (Å²) >= 11 is 3.36. The third kappa shape index (κ3) is 3.35. The number of hydrogen-bond acceptors (Lipinski definition) is 1. The zero-order valence-electron chi connectivity index (χ0n) is 10.0. The summed E-state index contributed by atoms with van der Waals surface area (Å²) in [5.41, 5.74) is 0. The second-order valence-electron chi connectivity index (χ2n) is 5.23. The molecule has 0 aliphatic carbocycles. The SMILES string of the molecule is CC(C)(C)[Si](C)(C)Oc1c[c]c(Br)cc1. The molecule has 1 aromatic carbocycles. The zero-order chi connectivity index (χ0) is 11.7. The smallest absolute Gasteiger partial charge is 0.250 e. The Labute approximate surface area is 102 Å². The van der Waals surface area contributed by atoms with Crippen LogP contribution in [0.5, 0.6) is 5.75 Å². The number of benzene rings is 1. The average molecular weight is 286 g/mol. The molecule has 0 saturated carbocycles. The topological polar surface area (TPSA) is 9.23 Å². The highest BCUT2D eigenvalue weighted by Crippen LogP contribution is 2.37. The first-order valence-corrected chi connectivity index (χ1v) is 8.79. The van der Waals surface area contributed by atoms with Crippen molar-refractivity contribution in [2.24, 2.45) is 0 Å². The molecule has 0 N–H and O–H groups in total. The standard InChI is InChI=1S/C12H18BrOSi/c1-12(2,3)15(4,5)14-11-8-6-10(13)7-9-11/h6,8-9H,1-5H3. The van der Waals surface area contributed by atoms with Crippen molar-refractivity contribution in [2.45, 2.75) is 38.9 Å². The molecule has 15 heavy (non-hydrogen) atoms. The Balaban J connectivity index is 2.82. The van der Waals surface area contributed by atoms with Gasteiger partial charge in [0.05, 0.1) is 0 Å². The van der Waals surface area contributed by atoms with Crippen LogP contribution in [0.25, 0.3) is 0 Å². The van der Waals surface area contributed by atoms with E-state index in [1.807, 2.05) is 18.2 Å². The number of rotatable bonds is 2. The molecule has 1 radical (unpaired) electrons.